The van der Waals surface area contributed by atoms with E-state index in [-0.39, 0.29) is 5.91 Å². The second-order valence-corrected chi connectivity index (χ2v) is 9.34. The van der Waals surface area contributed by atoms with Crippen molar-refractivity contribution in [3.05, 3.63) is 52.5 Å². The van der Waals surface area contributed by atoms with Crippen LogP contribution in [0.25, 0.3) is 20.4 Å². The third kappa shape index (κ3) is 3.65. The Morgan fingerprint density at radius 2 is 1.75 bits per heavy atom. The number of carbonyl (C=O) groups excluding carboxylic acids is 1. The minimum Gasteiger partial charge on any atom is -0.338 e. The summed E-state index contributed by atoms with van der Waals surface area (Å²) in [6.45, 7) is 5.64. The average molecular weight is 412 g/mol. The van der Waals surface area contributed by atoms with Gasteiger partial charge in [0, 0.05) is 0 Å². The first kappa shape index (κ1) is 19.0. The lowest BCUT2D eigenvalue weighted by molar-refractivity contribution is -0.856. The zero-order chi connectivity index (χ0) is 19.8. The van der Waals surface area contributed by atoms with Gasteiger partial charge in [0.05, 0.1) is 47.6 Å². The van der Waals surface area contributed by atoms with Gasteiger partial charge in [0.25, 0.3) is 5.91 Å². The van der Waals surface area contributed by atoms with Crippen LogP contribution in [0.3, 0.4) is 0 Å². The van der Waals surface area contributed by atoms with Gasteiger partial charge in [-0.05, 0) is 49.2 Å². The zero-order valence-electron chi connectivity index (χ0n) is 16.4. The van der Waals surface area contributed by atoms with Crippen LogP contribution in [0.2, 0.25) is 0 Å². The third-order valence-corrected chi connectivity index (χ3v) is 6.85. The molecule has 1 N–H and O–H groups in total. The standard InChI is InChI=1S/C21H22N4OS2/c1-13-11-16-18(12-14(13)2)28-21(23-16)25(10-9-24(3)4)20(26)19-22-15-7-5-6-8-17(15)27-19/h5-8,11-12H,9-10H2,1-4H3/p+1. The van der Waals surface area contributed by atoms with Gasteiger partial charge in [-0.1, -0.05) is 23.5 Å². The van der Waals surface area contributed by atoms with Crippen LogP contribution in [0.4, 0.5) is 5.13 Å². The lowest BCUT2D eigenvalue weighted by Gasteiger charge is -2.19. The minimum atomic E-state index is -0.0741. The number of benzene rings is 2. The minimum absolute atomic E-state index is 0.0741. The Hall–Kier alpha value is -2.35. The molecule has 0 saturated heterocycles. The summed E-state index contributed by atoms with van der Waals surface area (Å²) in [6, 6.07) is 12.1. The van der Waals surface area contributed by atoms with Crippen molar-refractivity contribution in [1.29, 1.82) is 0 Å². The van der Waals surface area contributed by atoms with Crippen LogP contribution in [-0.4, -0.2) is 43.1 Å². The fraction of sp³-hybridized carbons (Fsp3) is 0.286. The van der Waals surface area contributed by atoms with E-state index in [0.29, 0.717) is 11.6 Å². The van der Waals surface area contributed by atoms with E-state index in [1.165, 1.54) is 27.4 Å². The molecule has 0 aliphatic rings. The lowest BCUT2D eigenvalue weighted by atomic mass is 10.1. The first-order valence-electron chi connectivity index (χ1n) is 9.26. The van der Waals surface area contributed by atoms with Crippen LogP contribution in [0.5, 0.6) is 0 Å². The number of hydrogen-bond donors (Lipinski definition) is 1. The number of fused-ring (bicyclic) bond motifs is 2. The van der Waals surface area contributed by atoms with Crippen molar-refractivity contribution < 1.29 is 9.69 Å². The first-order chi connectivity index (χ1) is 13.4. The summed E-state index contributed by atoms with van der Waals surface area (Å²) in [5.41, 5.74) is 4.27. The van der Waals surface area contributed by atoms with E-state index >= 15 is 0 Å². The Morgan fingerprint density at radius 1 is 1.00 bits per heavy atom. The molecule has 144 valence electrons. The van der Waals surface area contributed by atoms with Gasteiger partial charge in [-0.15, -0.1) is 11.3 Å². The van der Waals surface area contributed by atoms with Crippen molar-refractivity contribution in [1.82, 2.24) is 9.97 Å². The van der Waals surface area contributed by atoms with Gasteiger partial charge < -0.3 is 4.90 Å². The Morgan fingerprint density at radius 3 is 2.50 bits per heavy atom. The summed E-state index contributed by atoms with van der Waals surface area (Å²) in [4.78, 5) is 25.8. The Labute approximate surface area is 172 Å². The molecule has 2 heterocycles. The zero-order valence-corrected chi connectivity index (χ0v) is 18.1. The number of anilines is 1. The number of rotatable bonds is 5. The molecule has 4 aromatic rings. The normalized spacial score (nSPS) is 11.6. The van der Waals surface area contributed by atoms with Crippen LogP contribution in [0, 0.1) is 13.8 Å². The van der Waals surface area contributed by atoms with Crippen molar-refractivity contribution in [2.75, 3.05) is 32.1 Å². The van der Waals surface area contributed by atoms with Crippen LogP contribution in [0.1, 0.15) is 20.9 Å². The molecule has 28 heavy (non-hydrogen) atoms. The summed E-state index contributed by atoms with van der Waals surface area (Å²) in [7, 11) is 4.18. The highest BCUT2D eigenvalue weighted by molar-refractivity contribution is 7.23. The number of carbonyl (C=O) groups is 1. The van der Waals surface area contributed by atoms with Crippen LogP contribution in [0.15, 0.2) is 36.4 Å². The Kier molecular flexibility index (Phi) is 5.14. The highest BCUT2D eigenvalue weighted by Gasteiger charge is 2.25. The molecule has 0 bridgehead atoms. The summed E-state index contributed by atoms with van der Waals surface area (Å²) < 4.78 is 2.14. The maximum absolute atomic E-state index is 13.4. The molecular formula is C21H23N4OS2+. The summed E-state index contributed by atoms with van der Waals surface area (Å²) >= 11 is 3.01. The smallest absolute Gasteiger partial charge is 0.289 e. The van der Waals surface area contributed by atoms with Gasteiger partial charge in [-0.25, -0.2) is 9.97 Å². The summed E-state index contributed by atoms with van der Waals surface area (Å²) in [5.74, 6) is -0.0741. The van der Waals surface area contributed by atoms with E-state index < -0.39 is 0 Å². The highest BCUT2D eigenvalue weighted by atomic mass is 32.1. The topological polar surface area (TPSA) is 50.5 Å². The quantitative estimate of drug-likeness (QED) is 0.548. The number of aromatic nitrogens is 2. The second kappa shape index (κ2) is 7.58. The molecule has 0 radical (unpaired) electrons. The van der Waals surface area contributed by atoms with Crippen molar-refractivity contribution >= 4 is 54.1 Å². The fourth-order valence-corrected chi connectivity index (χ4v) is 4.97. The largest absolute Gasteiger partial charge is 0.338 e. The number of aryl methyl sites for hydroxylation is 2. The van der Waals surface area contributed by atoms with Gasteiger partial charge >= 0.3 is 0 Å². The molecule has 0 aliphatic heterocycles. The molecule has 0 saturated carbocycles. The monoisotopic (exact) mass is 411 g/mol. The molecule has 7 heteroatoms. The van der Waals surface area contributed by atoms with Gasteiger partial charge in [0.1, 0.15) is 0 Å². The number of amides is 1. The van der Waals surface area contributed by atoms with E-state index in [0.717, 1.165) is 32.1 Å². The lowest BCUT2D eigenvalue weighted by Crippen LogP contribution is -3.06. The summed E-state index contributed by atoms with van der Waals surface area (Å²) in [5, 5.41) is 1.26. The van der Waals surface area contributed by atoms with E-state index in [1.807, 2.05) is 24.3 Å². The second-order valence-electron chi connectivity index (χ2n) is 7.30. The van der Waals surface area contributed by atoms with E-state index in [4.69, 9.17) is 4.98 Å². The van der Waals surface area contributed by atoms with E-state index in [1.54, 1.807) is 16.2 Å². The maximum Gasteiger partial charge on any atom is 0.289 e. The predicted octanol–water partition coefficient (Wildman–Crippen LogP) is 3.31. The number of nitrogens with zero attached hydrogens (tertiary/aromatic N) is 3. The van der Waals surface area contributed by atoms with Gasteiger partial charge in [0.2, 0.25) is 0 Å². The molecule has 0 atom stereocenters. The van der Waals surface area contributed by atoms with E-state index in [2.05, 4.69) is 45.1 Å². The van der Waals surface area contributed by atoms with Gasteiger partial charge in [0.15, 0.2) is 10.1 Å². The molecule has 1 amide bonds. The highest BCUT2D eigenvalue weighted by Crippen LogP contribution is 2.32. The maximum atomic E-state index is 13.4. The third-order valence-electron chi connectivity index (χ3n) is 4.78. The SMILES string of the molecule is Cc1cc2nc(N(CC[NH+](C)C)C(=O)c3nc4ccccc4s3)sc2cc1C. The fourth-order valence-electron chi connectivity index (χ4n) is 2.98. The number of hydrogen-bond acceptors (Lipinski definition) is 5. The first-order valence-corrected chi connectivity index (χ1v) is 10.9. The number of nitrogens with one attached hydrogen (secondary N) is 1. The molecular weight excluding hydrogens is 388 g/mol. The Bertz CT molecular complexity index is 1090. The number of quaternary nitrogens is 1. The molecule has 0 spiro atoms. The molecule has 2 aromatic carbocycles. The number of likely N-dealkylation sites (N-methyl/N-ethyl adjacent to an activating group) is 1. The van der Waals surface area contributed by atoms with Crippen molar-refractivity contribution in [3.63, 3.8) is 0 Å². The van der Waals surface area contributed by atoms with Crippen LogP contribution in [-0.2, 0) is 0 Å². The molecule has 0 unspecified atom stereocenters. The molecule has 5 nitrogen and oxygen atoms in total. The van der Waals surface area contributed by atoms with Crippen LogP contribution < -0.4 is 9.80 Å². The molecule has 0 aliphatic carbocycles. The molecule has 2 aromatic heterocycles. The number of thiazole rings is 2. The summed E-state index contributed by atoms with van der Waals surface area (Å²) in [6.07, 6.45) is 0. The van der Waals surface area contributed by atoms with Crippen molar-refractivity contribution in [3.8, 4) is 0 Å². The molecule has 4 rings (SSSR count). The average Bonchev–Trinajstić information content (AvgIpc) is 3.25. The van der Waals surface area contributed by atoms with Crippen molar-refractivity contribution in [2.45, 2.75) is 13.8 Å². The van der Waals surface area contributed by atoms with E-state index in [9.17, 15) is 4.79 Å². The molecule has 0 fully saturated rings. The van der Waals surface area contributed by atoms with Gasteiger partial charge in [-0.3, -0.25) is 9.69 Å². The van der Waals surface area contributed by atoms with Gasteiger partial charge in [-0.2, -0.15) is 0 Å². The van der Waals surface area contributed by atoms with Crippen LogP contribution >= 0.6 is 22.7 Å². The van der Waals surface area contributed by atoms with Crippen molar-refractivity contribution in [2.24, 2.45) is 0 Å². The number of para-hydroxylation sites is 1. The predicted molar refractivity (Wildman–Crippen MR) is 118 cm³/mol. The Balaban J connectivity index is 1.74.